The van der Waals surface area contributed by atoms with E-state index in [1.807, 2.05) is 0 Å². The van der Waals surface area contributed by atoms with Gasteiger partial charge in [0.25, 0.3) is 0 Å². The van der Waals surface area contributed by atoms with Gasteiger partial charge in [-0.15, -0.1) is 0 Å². The molecule has 1 heterocycles. The largest absolute Gasteiger partial charge is 0.478 e. The average Bonchev–Trinajstić information content (AvgIpc) is 3.07. The zero-order valence-electron chi connectivity index (χ0n) is 10.7. The number of hydrogen-bond donors (Lipinski definition) is 2. The minimum atomic E-state index is -0.948. The lowest BCUT2D eigenvalue weighted by Gasteiger charge is -2.19. The third-order valence-electron chi connectivity index (χ3n) is 3.25. The molecule has 1 aromatic rings. The van der Waals surface area contributed by atoms with Crippen LogP contribution in [0.25, 0.3) is 0 Å². The maximum atomic E-state index is 10.7. The van der Waals surface area contributed by atoms with E-state index in [1.54, 1.807) is 6.07 Å². The zero-order chi connectivity index (χ0) is 13.0. The smallest absolute Gasteiger partial charge is 0.338 e. The van der Waals surface area contributed by atoms with E-state index < -0.39 is 5.97 Å². The lowest BCUT2D eigenvalue weighted by atomic mass is 10.3. The van der Waals surface area contributed by atoms with Gasteiger partial charge in [0.05, 0.1) is 12.1 Å². The van der Waals surface area contributed by atoms with E-state index in [0.717, 1.165) is 25.7 Å². The van der Waals surface area contributed by atoms with E-state index in [2.05, 4.69) is 17.1 Å². The van der Waals surface area contributed by atoms with Crippen molar-refractivity contribution in [2.24, 2.45) is 0 Å². The van der Waals surface area contributed by atoms with Gasteiger partial charge in [0.15, 0.2) is 0 Å². The first-order valence-electron chi connectivity index (χ1n) is 6.46. The minimum absolute atomic E-state index is 0.208. The summed E-state index contributed by atoms with van der Waals surface area (Å²) >= 11 is 0. The molecule has 2 N–H and O–H groups in total. The minimum Gasteiger partial charge on any atom is -0.478 e. The van der Waals surface area contributed by atoms with Crippen molar-refractivity contribution < 1.29 is 14.3 Å². The van der Waals surface area contributed by atoms with Crippen molar-refractivity contribution in [3.63, 3.8) is 0 Å². The molecule has 1 aromatic heterocycles. The monoisotopic (exact) mass is 252 g/mol. The van der Waals surface area contributed by atoms with Gasteiger partial charge in [-0.2, -0.15) is 0 Å². The second-order valence-electron chi connectivity index (χ2n) is 4.64. The summed E-state index contributed by atoms with van der Waals surface area (Å²) in [6.07, 6.45) is 3.93. The topological polar surface area (TPSA) is 65.7 Å². The number of furan rings is 1. The van der Waals surface area contributed by atoms with Crippen LogP contribution in [-0.2, 0) is 6.54 Å². The molecule has 18 heavy (non-hydrogen) atoms. The first kappa shape index (κ1) is 13.1. The fourth-order valence-electron chi connectivity index (χ4n) is 2.06. The van der Waals surface area contributed by atoms with E-state index >= 15 is 0 Å². The first-order chi connectivity index (χ1) is 8.70. The highest BCUT2D eigenvalue weighted by Gasteiger charge is 2.26. The van der Waals surface area contributed by atoms with Crippen LogP contribution < -0.4 is 5.32 Å². The number of nitrogens with one attached hydrogen (secondary N) is 1. The summed E-state index contributed by atoms with van der Waals surface area (Å²) < 4.78 is 5.16. The molecule has 1 aliphatic rings. The van der Waals surface area contributed by atoms with Gasteiger partial charge in [0.1, 0.15) is 12.0 Å². The summed E-state index contributed by atoms with van der Waals surface area (Å²) in [7, 11) is 0. The molecule has 0 bridgehead atoms. The number of carboxylic acid groups (broad SMARTS) is 1. The molecule has 1 saturated carbocycles. The van der Waals surface area contributed by atoms with Crippen molar-refractivity contribution in [2.45, 2.75) is 32.4 Å². The number of carbonyl (C=O) groups is 1. The highest BCUT2D eigenvalue weighted by Crippen LogP contribution is 2.25. The quantitative estimate of drug-likeness (QED) is 0.687. The molecule has 0 atom stereocenters. The average molecular weight is 252 g/mol. The Morgan fingerprint density at radius 3 is 2.94 bits per heavy atom. The fourth-order valence-corrected chi connectivity index (χ4v) is 2.06. The van der Waals surface area contributed by atoms with Crippen molar-refractivity contribution in [1.82, 2.24) is 10.2 Å². The molecule has 5 nitrogen and oxygen atoms in total. The highest BCUT2D eigenvalue weighted by molar-refractivity contribution is 5.87. The summed E-state index contributed by atoms with van der Waals surface area (Å²) in [4.78, 5) is 13.1. The standard InChI is InChI=1S/C13H20N2O3/c1-2-15(11-3-4-11)6-5-14-8-12-7-10(9-18-12)13(16)17/h7,9,11,14H,2-6,8H2,1H3,(H,16,17). The highest BCUT2D eigenvalue weighted by atomic mass is 16.4. The molecule has 2 rings (SSSR count). The summed E-state index contributed by atoms with van der Waals surface area (Å²) in [5.74, 6) is -0.280. The van der Waals surface area contributed by atoms with Crippen LogP contribution in [0.1, 0.15) is 35.9 Å². The Bertz CT molecular complexity index is 399. The molecule has 5 heteroatoms. The second kappa shape index (κ2) is 6.02. The maximum absolute atomic E-state index is 10.7. The van der Waals surface area contributed by atoms with Gasteiger partial charge < -0.3 is 14.8 Å². The van der Waals surface area contributed by atoms with Gasteiger partial charge in [0, 0.05) is 19.1 Å². The van der Waals surface area contributed by atoms with Crippen LogP contribution >= 0.6 is 0 Å². The molecule has 0 aromatic carbocycles. The summed E-state index contributed by atoms with van der Waals surface area (Å²) in [5, 5.41) is 12.0. The van der Waals surface area contributed by atoms with Crippen LogP contribution in [0, 0.1) is 0 Å². The molecule has 0 amide bonds. The number of rotatable bonds is 8. The van der Waals surface area contributed by atoms with Gasteiger partial charge in [-0.3, -0.25) is 4.90 Å². The van der Waals surface area contributed by atoms with Crippen LogP contribution in [0.15, 0.2) is 16.7 Å². The van der Waals surface area contributed by atoms with Gasteiger partial charge in [-0.1, -0.05) is 6.92 Å². The van der Waals surface area contributed by atoms with Gasteiger partial charge in [-0.25, -0.2) is 4.79 Å². The molecule has 1 aliphatic carbocycles. The van der Waals surface area contributed by atoms with Crippen molar-refractivity contribution in [1.29, 1.82) is 0 Å². The zero-order valence-corrected chi connectivity index (χ0v) is 10.7. The van der Waals surface area contributed by atoms with Crippen molar-refractivity contribution in [3.05, 3.63) is 23.7 Å². The Morgan fingerprint density at radius 1 is 1.61 bits per heavy atom. The van der Waals surface area contributed by atoms with E-state index in [-0.39, 0.29) is 5.56 Å². The predicted molar refractivity (Wildman–Crippen MR) is 67.6 cm³/mol. The summed E-state index contributed by atoms with van der Waals surface area (Å²) in [6.45, 7) is 5.79. The van der Waals surface area contributed by atoms with Gasteiger partial charge >= 0.3 is 5.97 Å². The third-order valence-corrected chi connectivity index (χ3v) is 3.25. The lowest BCUT2D eigenvalue weighted by molar-refractivity contribution is 0.0696. The Morgan fingerprint density at radius 2 is 2.39 bits per heavy atom. The second-order valence-corrected chi connectivity index (χ2v) is 4.64. The number of hydrogen-bond acceptors (Lipinski definition) is 4. The third kappa shape index (κ3) is 3.58. The number of aromatic carboxylic acids is 1. The van der Waals surface area contributed by atoms with Crippen LogP contribution in [0.3, 0.4) is 0 Å². The SMILES string of the molecule is CCN(CCNCc1cc(C(=O)O)co1)C1CC1. The Balaban J connectivity index is 1.66. The predicted octanol–water partition coefficient (Wildman–Crippen LogP) is 1.55. The lowest BCUT2D eigenvalue weighted by Crippen LogP contribution is -2.33. The fraction of sp³-hybridized carbons (Fsp3) is 0.615. The van der Waals surface area contributed by atoms with Crippen molar-refractivity contribution in [2.75, 3.05) is 19.6 Å². The normalized spacial score (nSPS) is 15.2. The molecule has 0 saturated heterocycles. The number of likely N-dealkylation sites (N-methyl/N-ethyl adjacent to an activating group) is 1. The van der Waals surface area contributed by atoms with Gasteiger partial charge in [-0.05, 0) is 25.5 Å². The molecule has 100 valence electrons. The molecule has 1 fully saturated rings. The number of nitrogens with zero attached hydrogens (tertiary/aromatic N) is 1. The molecule has 0 aliphatic heterocycles. The summed E-state index contributed by atoms with van der Waals surface area (Å²) in [5.41, 5.74) is 0.208. The van der Waals surface area contributed by atoms with Crippen LogP contribution in [0.2, 0.25) is 0 Å². The van der Waals surface area contributed by atoms with E-state index in [1.165, 1.54) is 19.1 Å². The van der Waals surface area contributed by atoms with Gasteiger partial charge in [0.2, 0.25) is 0 Å². The summed E-state index contributed by atoms with van der Waals surface area (Å²) in [6, 6.07) is 2.35. The van der Waals surface area contributed by atoms with Crippen molar-refractivity contribution >= 4 is 5.97 Å². The Kier molecular flexibility index (Phi) is 4.38. The maximum Gasteiger partial charge on any atom is 0.338 e. The van der Waals surface area contributed by atoms with E-state index in [9.17, 15) is 4.79 Å². The molecular weight excluding hydrogens is 232 g/mol. The molecule has 0 unspecified atom stereocenters. The Labute approximate surface area is 107 Å². The van der Waals surface area contributed by atoms with E-state index in [0.29, 0.717) is 12.3 Å². The molecule has 0 spiro atoms. The molecular formula is C13H20N2O3. The Hall–Kier alpha value is -1.33. The van der Waals surface area contributed by atoms with Crippen LogP contribution in [0.5, 0.6) is 0 Å². The van der Waals surface area contributed by atoms with Crippen LogP contribution in [0.4, 0.5) is 0 Å². The van der Waals surface area contributed by atoms with Crippen LogP contribution in [-0.4, -0.2) is 41.7 Å². The van der Waals surface area contributed by atoms with E-state index in [4.69, 9.17) is 9.52 Å². The first-order valence-corrected chi connectivity index (χ1v) is 6.46. The number of carboxylic acids is 1. The van der Waals surface area contributed by atoms with Crippen molar-refractivity contribution in [3.8, 4) is 0 Å². The molecule has 0 radical (unpaired) electrons.